The van der Waals surface area contributed by atoms with E-state index in [9.17, 15) is 4.79 Å². The van der Waals surface area contributed by atoms with Crippen molar-refractivity contribution in [2.45, 2.75) is 64.4 Å². The van der Waals surface area contributed by atoms with Crippen LogP contribution in [0.25, 0.3) is 0 Å². The molecule has 2 heteroatoms. The molecule has 0 radical (unpaired) electrons. The summed E-state index contributed by atoms with van der Waals surface area (Å²) in [5.74, 6) is -0.177. The quantitative estimate of drug-likeness (QED) is 0.402. The summed E-state index contributed by atoms with van der Waals surface area (Å²) in [6.45, 7) is 5.80. The second kappa shape index (κ2) is 6.65. The third-order valence-electron chi connectivity index (χ3n) is 2.92. The predicted octanol–water partition coefficient (Wildman–Crippen LogP) is 3.61. The van der Waals surface area contributed by atoms with E-state index in [2.05, 4.69) is 6.58 Å². The van der Waals surface area contributed by atoms with Crippen LogP contribution in [-0.4, -0.2) is 12.1 Å². The number of carbonyl (C=O) groups is 1. The molecule has 0 aromatic heterocycles. The molecule has 2 nitrogen and oxygen atoms in total. The topological polar surface area (TPSA) is 26.3 Å². The molecule has 1 saturated carbocycles. The van der Waals surface area contributed by atoms with Crippen LogP contribution in [0.2, 0.25) is 0 Å². The molecule has 1 aliphatic carbocycles. The van der Waals surface area contributed by atoms with E-state index in [4.69, 9.17) is 4.74 Å². The van der Waals surface area contributed by atoms with Crippen molar-refractivity contribution in [1.82, 2.24) is 0 Å². The monoisotopic (exact) mass is 210 g/mol. The van der Waals surface area contributed by atoms with E-state index in [1.807, 2.05) is 6.92 Å². The fourth-order valence-corrected chi connectivity index (χ4v) is 2.00. The van der Waals surface area contributed by atoms with Crippen LogP contribution in [0, 0.1) is 0 Å². The van der Waals surface area contributed by atoms with Crippen LogP contribution in [0.3, 0.4) is 0 Å². The first kappa shape index (κ1) is 12.3. The molecule has 0 atom stereocenters. The highest BCUT2D eigenvalue weighted by atomic mass is 16.5. The Balaban J connectivity index is 2.32. The van der Waals surface area contributed by atoms with Gasteiger partial charge in [0.05, 0.1) is 0 Å². The van der Waals surface area contributed by atoms with Gasteiger partial charge >= 0.3 is 5.97 Å². The fraction of sp³-hybridized carbons (Fsp3) is 0.769. The summed E-state index contributed by atoms with van der Waals surface area (Å²) in [7, 11) is 0. The molecular formula is C13H22O2. The van der Waals surface area contributed by atoms with Gasteiger partial charge in [-0.05, 0) is 32.1 Å². The Hall–Kier alpha value is -0.790. The maximum Gasteiger partial charge on any atom is 0.333 e. The lowest BCUT2D eigenvalue weighted by atomic mass is 10.1. The average molecular weight is 210 g/mol. The van der Waals surface area contributed by atoms with Crippen LogP contribution in [0.15, 0.2) is 12.2 Å². The van der Waals surface area contributed by atoms with Gasteiger partial charge in [0.2, 0.25) is 0 Å². The Kier molecular flexibility index (Phi) is 5.44. The van der Waals surface area contributed by atoms with E-state index in [0.717, 1.165) is 25.7 Å². The van der Waals surface area contributed by atoms with Crippen molar-refractivity contribution in [3.8, 4) is 0 Å². The Morgan fingerprint density at radius 3 is 2.40 bits per heavy atom. The Labute approximate surface area is 92.7 Å². The maximum absolute atomic E-state index is 11.6. The molecule has 1 fully saturated rings. The van der Waals surface area contributed by atoms with Crippen molar-refractivity contribution in [1.29, 1.82) is 0 Å². The van der Waals surface area contributed by atoms with Gasteiger partial charge in [0.1, 0.15) is 6.10 Å². The first-order valence-electron chi connectivity index (χ1n) is 6.12. The summed E-state index contributed by atoms with van der Waals surface area (Å²) >= 11 is 0. The molecule has 0 aliphatic heterocycles. The van der Waals surface area contributed by atoms with Crippen molar-refractivity contribution in [3.63, 3.8) is 0 Å². The first-order chi connectivity index (χ1) is 7.24. The van der Waals surface area contributed by atoms with Gasteiger partial charge in [-0.2, -0.15) is 0 Å². The van der Waals surface area contributed by atoms with Gasteiger partial charge in [0, 0.05) is 5.57 Å². The zero-order chi connectivity index (χ0) is 11.1. The minimum absolute atomic E-state index is 0.147. The molecule has 86 valence electrons. The van der Waals surface area contributed by atoms with Crippen LogP contribution in [0.5, 0.6) is 0 Å². The molecule has 1 aliphatic rings. The summed E-state index contributed by atoms with van der Waals surface area (Å²) in [5, 5.41) is 0. The van der Waals surface area contributed by atoms with Crippen molar-refractivity contribution in [2.75, 3.05) is 0 Å². The highest BCUT2D eigenvalue weighted by Crippen LogP contribution is 2.21. The van der Waals surface area contributed by atoms with Crippen molar-refractivity contribution >= 4 is 5.97 Å². The van der Waals surface area contributed by atoms with E-state index in [1.165, 1.54) is 25.7 Å². The smallest absolute Gasteiger partial charge is 0.333 e. The van der Waals surface area contributed by atoms with E-state index in [-0.39, 0.29) is 12.1 Å². The van der Waals surface area contributed by atoms with Gasteiger partial charge in [0.15, 0.2) is 0 Å². The highest BCUT2D eigenvalue weighted by molar-refractivity contribution is 5.87. The molecule has 0 bridgehead atoms. The molecule has 0 amide bonds. The van der Waals surface area contributed by atoms with Crippen LogP contribution in [0.4, 0.5) is 0 Å². The van der Waals surface area contributed by atoms with E-state index >= 15 is 0 Å². The van der Waals surface area contributed by atoms with Crippen LogP contribution >= 0.6 is 0 Å². The van der Waals surface area contributed by atoms with Crippen LogP contribution in [-0.2, 0) is 9.53 Å². The normalized spacial score (nSPS) is 18.2. The van der Waals surface area contributed by atoms with E-state index in [1.54, 1.807) is 0 Å². The van der Waals surface area contributed by atoms with E-state index < -0.39 is 0 Å². The average Bonchev–Trinajstić information content (AvgIpc) is 2.46. The third kappa shape index (κ3) is 4.50. The Morgan fingerprint density at radius 2 is 1.87 bits per heavy atom. The summed E-state index contributed by atoms with van der Waals surface area (Å²) < 4.78 is 5.45. The first-order valence-corrected chi connectivity index (χ1v) is 6.12. The predicted molar refractivity (Wildman–Crippen MR) is 61.6 cm³/mol. The molecule has 0 N–H and O–H groups in total. The summed E-state index contributed by atoms with van der Waals surface area (Å²) in [6, 6.07) is 0. The van der Waals surface area contributed by atoms with Gasteiger partial charge < -0.3 is 4.74 Å². The SMILES string of the molecule is C=C(CCC)C(=O)OC1CCCCCC1. The molecule has 0 unspecified atom stereocenters. The number of hydrogen-bond donors (Lipinski definition) is 0. The van der Waals surface area contributed by atoms with Crippen LogP contribution < -0.4 is 0 Å². The Bertz CT molecular complexity index is 213. The van der Waals surface area contributed by atoms with Gasteiger partial charge in [-0.3, -0.25) is 0 Å². The number of ether oxygens (including phenoxy) is 1. The molecule has 15 heavy (non-hydrogen) atoms. The van der Waals surface area contributed by atoms with E-state index in [0.29, 0.717) is 5.57 Å². The maximum atomic E-state index is 11.6. The second-order valence-electron chi connectivity index (χ2n) is 4.37. The molecule has 0 saturated heterocycles. The largest absolute Gasteiger partial charge is 0.459 e. The van der Waals surface area contributed by atoms with Gasteiger partial charge in [-0.15, -0.1) is 0 Å². The molecule has 0 aromatic rings. The highest BCUT2D eigenvalue weighted by Gasteiger charge is 2.17. The second-order valence-corrected chi connectivity index (χ2v) is 4.37. The lowest BCUT2D eigenvalue weighted by Gasteiger charge is -2.16. The minimum atomic E-state index is -0.177. The van der Waals surface area contributed by atoms with Gasteiger partial charge in [0.25, 0.3) is 0 Å². The minimum Gasteiger partial charge on any atom is -0.459 e. The Morgan fingerprint density at radius 1 is 1.27 bits per heavy atom. The summed E-state index contributed by atoms with van der Waals surface area (Å²) in [4.78, 5) is 11.6. The van der Waals surface area contributed by atoms with Crippen molar-refractivity contribution in [2.24, 2.45) is 0 Å². The number of hydrogen-bond acceptors (Lipinski definition) is 2. The van der Waals surface area contributed by atoms with Crippen molar-refractivity contribution in [3.05, 3.63) is 12.2 Å². The number of esters is 1. The molecule has 0 heterocycles. The van der Waals surface area contributed by atoms with Gasteiger partial charge in [-0.1, -0.05) is 32.8 Å². The number of rotatable bonds is 4. The third-order valence-corrected chi connectivity index (χ3v) is 2.92. The molecule has 0 aromatic carbocycles. The fourth-order valence-electron chi connectivity index (χ4n) is 2.00. The number of carbonyl (C=O) groups excluding carboxylic acids is 1. The zero-order valence-electron chi connectivity index (χ0n) is 9.76. The van der Waals surface area contributed by atoms with Gasteiger partial charge in [-0.25, -0.2) is 4.79 Å². The van der Waals surface area contributed by atoms with Crippen LogP contribution in [0.1, 0.15) is 58.3 Å². The van der Waals surface area contributed by atoms with Crippen molar-refractivity contribution < 1.29 is 9.53 Å². The molecular weight excluding hydrogens is 188 g/mol. The summed E-state index contributed by atoms with van der Waals surface area (Å²) in [6.07, 6.45) is 8.87. The molecule has 1 rings (SSSR count). The lowest BCUT2D eigenvalue weighted by Crippen LogP contribution is -2.18. The summed E-state index contributed by atoms with van der Waals surface area (Å²) in [5.41, 5.74) is 0.627. The standard InChI is InChI=1S/C13H22O2/c1-3-8-11(2)13(14)15-12-9-6-4-5-7-10-12/h12H,2-10H2,1H3. The lowest BCUT2D eigenvalue weighted by molar-refractivity contribution is -0.145. The zero-order valence-corrected chi connectivity index (χ0v) is 9.76. The molecule has 0 spiro atoms.